The van der Waals surface area contributed by atoms with Gasteiger partial charge in [0.25, 0.3) is 10.0 Å². The van der Waals surface area contributed by atoms with E-state index in [0.717, 1.165) is 23.4 Å². The van der Waals surface area contributed by atoms with Crippen LogP contribution in [-0.4, -0.2) is 35.3 Å². The van der Waals surface area contributed by atoms with Gasteiger partial charge in [0.15, 0.2) is 0 Å². The molecule has 9 heteroatoms. The number of sulfonamides is 1. The van der Waals surface area contributed by atoms with Crippen LogP contribution in [0.15, 0.2) is 82.8 Å². The number of aryl methyl sites for hydroxylation is 1. The van der Waals surface area contributed by atoms with Crippen LogP contribution in [0.2, 0.25) is 0 Å². The van der Waals surface area contributed by atoms with Crippen molar-refractivity contribution in [1.82, 2.24) is 14.3 Å². The summed E-state index contributed by atoms with van der Waals surface area (Å²) in [7, 11) is -3.72. The molecule has 0 saturated carbocycles. The monoisotopic (exact) mass is 503 g/mol. The van der Waals surface area contributed by atoms with Gasteiger partial charge in [-0.2, -0.15) is 9.57 Å². The summed E-state index contributed by atoms with van der Waals surface area (Å²) in [6.45, 7) is 1.30. The molecule has 7 nitrogen and oxygen atoms in total. The number of anilines is 1. The molecule has 0 aliphatic carbocycles. The fourth-order valence-electron chi connectivity index (χ4n) is 4.58. The molecule has 1 atom stereocenters. The largest absolute Gasteiger partial charge is 0.364 e. The molecule has 2 aromatic heterocycles. The Labute approximate surface area is 209 Å². The Kier molecular flexibility index (Phi) is 6.68. The number of thiophene rings is 1. The Hall–Kier alpha value is -3.45. The van der Waals surface area contributed by atoms with E-state index >= 15 is 0 Å². The molecule has 1 aliphatic heterocycles. The van der Waals surface area contributed by atoms with Crippen molar-refractivity contribution >= 4 is 27.0 Å². The van der Waals surface area contributed by atoms with Crippen molar-refractivity contribution in [3.63, 3.8) is 0 Å². The zero-order valence-corrected chi connectivity index (χ0v) is 20.7. The summed E-state index contributed by atoms with van der Waals surface area (Å²) in [5.41, 5.74) is 4.39. The first kappa shape index (κ1) is 23.3. The van der Waals surface area contributed by atoms with Gasteiger partial charge in [-0.15, -0.1) is 11.3 Å². The number of nitriles is 1. The predicted octanol–water partition coefficient (Wildman–Crippen LogP) is 4.56. The Bertz CT molecular complexity index is 1410. The van der Waals surface area contributed by atoms with Crippen LogP contribution >= 0.6 is 11.3 Å². The lowest BCUT2D eigenvalue weighted by Crippen LogP contribution is -2.44. The summed E-state index contributed by atoms with van der Waals surface area (Å²) in [5.74, 6) is 0. The van der Waals surface area contributed by atoms with Gasteiger partial charge < -0.3 is 9.88 Å². The molecule has 2 aromatic carbocycles. The molecule has 0 spiro atoms. The summed E-state index contributed by atoms with van der Waals surface area (Å²) >= 11 is 1.23. The quantitative estimate of drug-likeness (QED) is 0.399. The molecule has 1 N–H and O–H groups in total. The summed E-state index contributed by atoms with van der Waals surface area (Å²) in [6, 6.07) is 21.0. The van der Waals surface area contributed by atoms with Gasteiger partial charge in [-0.05, 0) is 53.6 Å². The van der Waals surface area contributed by atoms with Crippen molar-refractivity contribution in [1.29, 1.82) is 5.26 Å². The first-order valence-electron chi connectivity index (χ1n) is 11.4. The molecule has 0 unspecified atom stereocenters. The third kappa shape index (κ3) is 5.00. The Morgan fingerprint density at radius 3 is 2.71 bits per heavy atom. The van der Waals surface area contributed by atoms with Crippen LogP contribution in [0, 0.1) is 11.3 Å². The highest BCUT2D eigenvalue weighted by atomic mass is 32.2. The molecule has 35 heavy (non-hydrogen) atoms. The van der Waals surface area contributed by atoms with E-state index < -0.39 is 10.0 Å². The first-order valence-corrected chi connectivity index (χ1v) is 13.7. The molecule has 0 saturated heterocycles. The third-order valence-electron chi connectivity index (χ3n) is 6.30. The molecular formula is C26H25N5O2S2. The van der Waals surface area contributed by atoms with E-state index in [1.165, 1.54) is 16.9 Å². The van der Waals surface area contributed by atoms with E-state index in [0.29, 0.717) is 29.3 Å². The summed E-state index contributed by atoms with van der Waals surface area (Å²) in [4.78, 5) is 9.50. The number of hydrogen-bond donors (Lipinski definition) is 1. The van der Waals surface area contributed by atoms with Gasteiger partial charge in [0, 0.05) is 31.0 Å². The normalized spacial score (nSPS) is 16.4. The van der Waals surface area contributed by atoms with Crippen molar-refractivity contribution in [2.24, 2.45) is 0 Å². The van der Waals surface area contributed by atoms with Gasteiger partial charge in [-0.1, -0.05) is 36.4 Å². The van der Waals surface area contributed by atoms with Crippen LogP contribution in [0.5, 0.6) is 0 Å². The van der Waals surface area contributed by atoms with Gasteiger partial charge in [-0.25, -0.2) is 13.4 Å². The van der Waals surface area contributed by atoms with E-state index in [2.05, 4.69) is 33.1 Å². The van der Waals surface area contributed by atoms with Crippen molar-refractivity contribution in [3.05, 3.63) is 101 Å². The van der Waals surface area contributed by atoms with Gasteiger partial charge >= 0.3 is 0 Å². The number of nitrogens with one attached hydrogen (secondary N) is 1. The molecule has 0 bridgehead atoms. The van der Waals surface area contributed by atoms with E-state index in [1.54, 1.807) is 40.4 Å². The molecule has 3 heterocycles. The minimum Gasteiger partial charge on any atom is -0.364 e. The second-order valence-electron chi connectivity index (χ2n) is 8.57. The average molecular weight is 504 g/mol. The highest BCUT2D eigenvalue weighted by Crippen LogP contribution is 2.34. The number of benzene rings is 2. The molecular weight excluding hydrogens is 478 g/mol. The van der Waals surface area contributed by atoms with Crippen molar-refractivity contribution < 1.29 is 8.42 Å². The minimum absolute atomic E-state index is 0.212. The first-order chi connectivity index (χ1) is 17.0. The molecule has 0 radical (unpaired) electrons. The fourth-order valence-corrected chi connectivity index (χ4v) is 7.32. The molecule has 0 amide bonds. The highest BCUT2D eigenvalue weighted by molar-refractivity contribution is 7.91. The maximum absolute atomic E-state index is 13.8. The standard InChI is InChI=1S/C26H25N5O2S2/c27-14-21-9-11-25-22(13-21)16-31(35(32,33)26-7-4-12-34-26)24(10-8-20-5-2-1-3-6-20)18-30(25)17-23-15-28-19-29-23/h1-7,9,11-13,15,19,24H,8,10,16-18H2,(H,28,29)/t24-/m0/s1. The van der Waals surface area contributed by atoms with Gasteiger partial charge in [-0.3, -0.25) is 0 Å². The van der Waals surface area contributed by atoms with Gasteiger partial charge in [0.05, 0.1) is 30.2 Å². The van der Waals surface area contributed by atoms with Crippen LogP contribution in [-0.2, 0) is 29.5 Å². The maximum atomic E-state index is 13.8. The van der Waals surface area contributed by atoms with Crippen LogP contribution in [0.25, 0.3) is 0 Å². The van der Waals surface area contributed by atoms with Crippen molar-refractivity contribution in [2.45, 2.75) is 36.2 Å². The van der Waals surface area contributed by atoms with E-state index in [4.69, 9.17) is 0 Å². The number of aromatic amines is 1. The second-order valence-corrected chi connectivity index (χ2v) is 11.6. The topological polar surface area (TPSA) is 93.1 Å². The molecule has 178 valence electrons. The zero-order chi connectivity index (χ0) is 24.3. The Balaban J connectivity index is 1.57. The summed E-state index contributed by atoms with van der Waals surface area (Å²) < 4.78 is 29.7. The minimum atomic E-state index is -3.72. The van der Waals surface area contributed by atoms with Crippen LogP contribution in [0.3, 0.4) is 0 Å². The number of hydrogen-bond acceptors (Lipinski definition) is 6. The number of rotatable bonds is 7. The van der Waals surface area contributed by atoms with Crippen LogP contribution < -0.4 is 4.90 Å². The van der Waals surface area contributed by atoms with E-state index in [9.17, 15) is 13.7 Å². The van der Waals surface area contributed by atoms with Gasteiger partial charge in [0.2, 0.25) is 0 Å². The van der Waals surface area contributed by atoms with Crippen LogP contribution in [0.1, 0.15) is 28.8 Å². The summed E-state index contributed by atoms with van der Waals surface area (Å²) in [6.07, 6.45) is 4.87. The number of imidazole rings is 1. The lowest BCUT2D eigenvalue weighted by atomic mass is 10.0. The number of fused-ring (bicyclic) bond motifs is 1. The Morgan fingerprint density at radius 1 is 1.14 bits per heavy atom. The van der Waals surface area contributed by atoms with E-state index in [1.807, 2.05) is 30.3 Å². The fraction of sp³-hybridized carbons (Fsp3) is 0.231. The number of nitrogens with zero attached hydrogens (tertiary/aromatic N) is 4. The third-order valence-corrected chi connectivity index (χ3v) is 9.57. The summed E-state index contributed by atoms with van der Waals surface area (Å²) in [5, 5.41) is 11.3. The number of aromatic nitrogens is 2. The predicted molar refractivity (Wildman–Crippen MR) is 136 cm³/mol. The zero-order valence-electron chi connectivity index (χ0n) is 19.0. The number of H-pyrrole nitrogens is 1. The van der Waals surface area contributed by atoms with Crippen LogP contribution in [0.4, 0.5) is 5.69 Å². The molecule has 0 fully saturated rings. The lowest BCUT2D eigenvalue weighted by Gasteiger charge is -2.31. The molecule has 5 rings (SSSR count). The highest BCUT2D eigenvalue weighted by Gasteiger charge is 2.37. The average Bonchev–Trinajstić information content (AvgIpc) is 3.58. The van der Waals surface area contributed by atoms with Gasteiger partial charge in [0.1, 0.15) is 4.21 Å². The van der Waals surface area contributed by atoms with E-state index in [-0.39, 0.29) is 12.6 Å². The van der Waals surface area contributed by atoms with Crippen molar-refractivity contribution in [2.75, 3.05) is 11.4 Å². The maximum Gasteiger partial charge on any atom is 0.253 e. The smallest absolute Gasteiger partial charge is 0.253 e. The lowest BCUT2D eigenvalue weighted by molar-refractivity contribution is 0.306. The molecule has 1 aliphatic rings. The van der Waals surface area contributed by atoms with Crippen molar-refractivity contribution in [3.8, 4) is 6.07 Å². The Morgan fingerprint density at radius 2 is 2.00 bits per heavy atom. The molecule has 4 aromatic rings. The SMILES string of the molecule is N#Cc1ccc2c(c1)CN(S(=O)(=O)c1cccs1)[C@@H](CCc1ccccc1)CN2Cc1cnc[nH]1. The second kappa shape index (κ2) is 10.0.